The van der Waals surface area contributed by atoms with E-state index in [4.69, 9.17) is 0 Å². The number of nitrogens with zero attached hydrogens (tertiary/aromatic N) is 2. The van der Waals surface area contributed by atoms with Gasteiger partial charge in [0.25, 0.3) is 0 Å². The average molecular weight is 272 g/mol. The minimum atomic E-state index is -3.42. The lowest BCUT2D eigenvalue weighted by Gasteiger charge is -2.31. The molecule has 4 nitrogen and oxygen atoms in total. The predicted molar refractivity (Wildman–Crippen MR) is 68.1 cm³/mol. The van der Waals surface area contributed by atoms with Gasteiger partial charge in [0, 0.05) is 31.7 Å². The molecule has 1 aliphatic heterocycles. The summed E-state index contributed by atoms with van der Waals surface area (Å²) in [6.07, 6.45) is 0. The predicted octanol–water partition coefficient (Wildman–Crippen LogP) is 0.903. The Morgan fingerprint density at radius 1 is 1.17 bits per heavy atom. The van der Waals surface area contributed by atoms with Gasteiger partial charge in [0.15, 0.2) is 0 Å². The van der Waals surface area contributed by atoms with Crippen LogP contribution in [0.2, 0.25) is 0 Å². The Kier molecular flexibility index (Phi) is 3.99. The van der Waals surface area contributed by atoms with Gasteiger partial charge in [-0.05, 0) is 13.1 Å². The Balaban J connectivity index is 2.10. The molecule has 0 spiro atoms. The fraction of sp³-hybridized carbons (Fsp3) is 0.500. The van der Waals surface area contributed by atoms with Crippen molar-refractivity contribution >= 4 is 10.0 Å². The number of hydrogen-bond donors (Lipinski definition) is 0. The van der Waals surface area contributed by atoms with E-state index in [-0.39, 0.29) is 11.3 Å². The molecule has 1 aromatic rings. The molecular formula is C12H17FN2O2S. The molecule has 0 aliphatic carbocycles. The van der Waals surface area contributed by atoms with Gasteiger partial charge in [-0.25, -0.2) is 12.8 Å². The average Bonchev–Trinajstić information content (AvgIpc) is 2.32. The summed E-state index contributed by atoms with van der Waals surface area (Å²) < 4.78 is 39.2. The Morgan fingerprint density at radius 2 is 1.78 bits per heavy atom. The zero-order valence-corrected chi connectivity index (χ0v) is 11.2. The van der Waals surface area contributed by atoms with E-state index < -0.39 is 15.8 Å². The van der Waals surface area contributed by atoms with Crippen molar-refractivity contribution in [1.82, 2.24) is 9.21 Å². The molecule has 0 radical (unpaired) electrons. The van der Waals surface area contributed by atoms with Gasteiger partial charge in [0.1, 0.15) is 5.82 Å². The monoisotopic (exact) mass is 272 g/mol. The zero-order chi connectivity index (χ0) is 13.2. The number of sulfonamides is 1. The van der Waals surface area contributed by atoms with Crippen LogP contribution in [0, 0.1) is 5.82 Å². The summed E-state index contributed by atoms with van der Waals surface area (Å²) >= 11 is 0. The highest BCUT2D eigenvalue weighted by Crippen LogP contribution is 2.15. The number of benzene rings is 1. The first-order valence-electron chi connectivity index (χ1n) is 5.89. The number of rotatable bonds is 3. The van der Waals surface area contributed by atoms with Gasteiger partial charge in [0.05, 0.1) is 5.75 Å². The van der Waals surface area contributed by atoms with Gasteiger partial charge < -0.3 is 4.90 Å². The molecule has 1 saturated heterocycles. The number of halogens is 1. The van der Waals surface area contributed by atoms with E-state index >= 15 is 0 Å². The van der Waals surface area contributed by atoms with Gasteiger partial charge in [-0.2, -0.15) is 4.31 Å². The molecule has 0 unspecified atom stereocenters. The summed E-state index contributed by atoms with van der Waals surface area (Å²) in [5.41, 5.74) is 0.233. The molecular weight excluding hydrogens is 255 g/mol. The number of hydrogen-bond acceptors (Lipinski definition) is 3. The number of piperazine rings is 1. The van der Waals surface area contributed by atoms with Gasteiger partial charge in [-0.1, -0.05) is 18.2 Å². The van der Waals surface area contributed by atoms with Crippen LogP contribution in [-0.4, -0.2) is 50.8 Å². The van der Waals surface area contributed by atoms with E-state index in [0.717, 1.165) is 13.1 Å². The summed E-state index contributed by atoms with van der Waals surface area (Å²) in [7, 11) is -1.46. The van der Waals surface area contributed by atoms with Gasteiger partial charge in [-0.3, -0.25) is 0 Å². The van der Waals surface area contributed by atoms with E-state index in [1.54, 1.807) is 12.1 Å². The third-order valence-electron chi connectivity index (χ3n) is 3.15. The number of likely N-dealkylation sites (N-methyl/N-ethyl adjacent to an activating group) is 1. The lowest BCUT2D eigenvalue weighted by atomic mass is 10.2. The van der Waals surface area contributed by atoms with Crippen LogP contribution in [0.5, 0.6) is 0 Å². The van der Waals surface area contributed by atoms with Crippen LogP contribution in [0.4, 0.5) is 4.39 Å². The molecule has 18 heavy (non-hydrogen) atoms. The van der Waals surface area contributed by atoms with Gasteiger partial charge >= 0.3 is 0 Å². The SMILES string of the molecule is CN1CCN(S(=O)(=O)Cc2ccccc2F)CC1. The maximum Gasteiger partial charge on any atom is 0.218 e. The highest BCUT2D eigenvalue weighted by atomic mass is 32.2. The molecule has 1 fully saturated rings. The molecule has 0 saturated carbocycles. The lowest BCUT2D eigenvalue weighted by Crippen LogP contribution is -2.47. The quantitative estimate of drug-likeness (QED) is 0.821. The van der Waals surface area contributed by atoms with Crippen LogP contribution in [0.1, 0.15) is 5.56 Å². The van der Waals surface area contributed by atoms with Crippen molar-refractivity contribution in [2.24, 2.45) is 0 Å². The molecule has 2 rings (SSSR count). The largest absolute Gasteiger partial charge is 0.304 e. The van der Waals surface area contributed by atoms with Crippen LogP contribution >= 0.6 is 0 Å². The van der Waals surface area contributed by atoms with Crippen LogP contribution < -0.4 is 0 Å². The topological polar surface area (TPSA) is 40.6 Å². The van der Waals surface area contributed by atoms with Crippen LogP contribution in [0.15, 0.2) is 24.3 Å². The van der Waals surface area contributed by atoms with E-state index in [2.05, 4.69) is 4.90 Å². The first kappa shape index (κ1) is 13.5. The molecule has 0 bridgehead atoms. The van der Waals surface area contributed by atoms with Crippen LogP contribution in [-0.2, 0) is 15.8 Å². The van der Waals surface area contributed by atoms with Crippen molar-refractivity contribution in [2.75, 3.05) is 33.2 Å². The third kappa shape index (κ3) is 3.07. The fourth-order valence-electron chi connectivity index (χ4n) is 1.97. The Morgan fingerprint density at radius 3 is 2.39 bits per heavy atom. The first-order chi connectivity index (χ1) is 8.49. The second-order valence-electron chi connectivity index (χ2n) is 4.55. The molecule has 1 aliphatic rings. The normalized spacial score (nSPS) is 19.0. The van der Waals surface area contributed by atoms with E-state index in [0.29, 0.717) is 13.1 Å². The van der Waals surface area contributed by atoms with Crippen molar-refractivity contribution < 1.29 is 12.8 Å². The molecule has 1 aromatic carbocycles. The van der Waals surface area contributed by atoms with Crippen LogP contribution in [0.3, 0.4) is 0 Å². The second-order valence-corrected chi connectivity index (χ2v) is 6.52. The summed E-state index contributed by atoms with van der Waals surface area (Å²) in [6.45, 7) is 2.40. The Hall–Kier alpha value is -0.980. The zero-order valence-electron chi connectivity index (χ0n) is 10.3. The highest BCUT2D eigenvalue weighted by Gasteiger charge is 2.26. The fourth-order valence-corrected chi connectivity index (χ4v) is 3.50. The summed E-state index contributed by atoms with van der Waals surface area (Å²) in [6, 6.07) is 6.01. The summed E-state index contributed by atoms with van der Waals surface area (Å²) in [5.74, 6) is -0.723. The molecule has 0 atom stereocenters. The molecule has 0 N–H and O–H groups in total. The van der Waals surface area contributed by atoms with Crippen molar-refractivity contribution in [3.05, 3.63) is 35.6 Å². The Labute approximate surface area is 107 Å². The minimum Gasteiger partial charge on any atom is -0.304 e. The van der Waals surface area contributed by atoms with Crippen molar-refractivity contribution in [2.45, 2.75) is 5.75 Å². The smallest absolute Gasteiger partial charge is 0.218 e. The maximum absolute atomic E-state index is 13.5. The highest BCUT2D eigenvalue weighted by molar-refractivity contribution is 7.88. The van der Waals surface area contributed by atoms with E-state index in [1.165, 1.54) is 16.4 Å². The van der Waals surface area contributed by atoms with Gasteiger partial charge in [-0.15, -0.1) is 0 Å². The van der Waals surface area contributed by atoms with E-state index in [1.807, 2.05) is 7.05 Å². The first-order valence-corrected chi connectivity index (χ1v) is 7.50. The summed E-state index contributed by atoms with van der Waals surface area (Å²) in [5, 5.41) is 0. The van der Waals surface area contributed by atoms with Crippen molar-refractivity contribution in [3.63, 3.8) is 0 Å². The van der Waals surface area contributed by atoms with Gasteiger partial charge in [0.2, 0.25) is 10.0 Å². The standard InChI is InChI=1S/C12H17FN2O2S/c1-14-6-8-15(9-7-14)18(16,17)10-11-4-2-3-5-12(11)13/h2-5H,6-10H2,1H3. The van der Waals surface area contributed by atoms with E-state index in [9.17, 15) is 12.8 Å². The molecule has 6 heteroatoms. The van der Waals surface area contributed by atoms with Crippen molar-refractivity contribution in [1.29, 1.82) is 0 Å². The maximum atomic E-state index is 13.5. The molecule has 0 amide bonds. The molecule has 0 aromatic heterocycles. The molecule has 1 heterocycles. The summed E-state index contributed by atoms with van der Waals surface area (Å²) in [4.78, 5) is 2.08. The van der Waals surface area contributed by atoms with Crippen molar-refractivity contribution in [3.8, 4) is 0 Å². The third-order valence-corrected chi connectivity index (χ3v) is 4.98. The molecule has 100 valence electrons. The van der Waals surface area contributed by atoms with Crippen LogP contribution in [0.25, 0.3) is 0 Å². The Bertz CT molecular complexity index is 511. The lowest BCUT2D eigenvalue weighted by molar-refractivity contribution is 0.222. The second kappa shape index (κ2) is 5.34. The minimum absolute atomic E-state index is 0.233.